The number of rotatable bonds is 8. The van der Waals surface area contributed by atoms with Gasteiger partial charge in [0, 0.05) is 6.54 Å². The van der Waals surface area contributed by atoms with Crippen LogP contribution in [0, 0.1) is 5.82 Å². The lowest BCUT2D eigenvalue weighted by Gasteiger charge is -2.15. The van der Waals surface area contributed by atoms with Crippen molar-refractivity contribution in [1.82, 2.24) is 4.72 Å². The molecule has 172 valence electrons. The van der Waals surface area contributed by atoms with Crippen LogP contribution >= 0.6 is 11.6 Å². The lowest BCUT2D eigenvalue weighted by atomic mass is 10.2. The van der Waals surface area contributed by atoms with Crippen molar-refractivity contribution in [3.8, 4) is 0 Å². The van der Waals surface area contributed by atoms with Gasteiger partial charge in [-0.15, -0.1) is 0 Å². The van der Waals surface area contributed by atoms with E-state index in [4.69, 9.17) is 16.3 Å². The SMILES string of the molecule is C[C@H](OC(=O)c1cccc(S(=O)(=O)NCc2ccccc2)c1)C(=O)Nc1ccc(F)cc1Cl. The van der Waals surface area contributed by atoms with Crippen molar-refractivity contribution in [3.63, 3.8) is 0 Å². The summed E-state index contributed by atoms with van der Waals surface area (Å²) in [7, 11) is -3.89. The highest BCUT2D eigenvalue weighted by molar-refractivity contribution is 7.89. The Kier molecular flexibility index (Phi) is 7.80. The van der Waals surface area contributed by atoms with E-state index in [0.29, 0.717) is 0 Å². The fraction of sp³-hybridized carbons (Fsp3) is 0.130. The molecule has 0 aromatic heterocycles. The van der Waals surface area contributed by atoms with Crippen molar-refractivity contribution in [2.75, 3.05) is 5.32 Å². The summed E-state index contributed by atoms with van der Waals surface area (Å²) in [5.74, 6) is -2.14. The van der Waals surface area contributed by atoms with Crippen LogP contribution in [0.4, 0.5) is 10.1 Å². The lowest BCUT2D eigenvalue weighted by molar-refractivity contribution is -0.123. The molecule has 0 aliphatic heterocycles. The molecular weight excluding hydrogens is 471 g/mol. The molecule has 3 aromatic rings. The van der Waals surface area contributed by atoms with Crippen molar-refractivity contribution in [2.24, 2.45) is 0 Å². The molecule has 3 aromatic carbocycles. The largest absolute Gasteiger partial charge is 0.449 e. The Hall–Kier alpha value is -3.27. The first-order valence-electron chi connectivity index (χ1n) is 9.76. The summed E-state index contributed by atoms with van der Waals surface area (Å²) in [6.45, 7) is 1.42. The van der Waals surface area contributed by atoms with Gasteiger partial charge in [0.15, 0.2) is 6.10 Å². The van der Waals surface area contributed by atoms with Crippen LogP contribution in [0.2, 0.25) is 5.02 Å². The van der Waals surface area contributed by atoms with E-state index in [2.05, 4.69) is 10.0 Å². The van der Waals surface area contributed by atoms with Gasteiger partial charge in [0.1, 0.15) is 5.82 Å². The molecule has 0 saturated carbocycles. The zero-order valence-electron chi connectivity index (χ0n) is 17.4. The zero-order valence-corrected chi connectivity index (χ0v) is 19.0. The summed E-state index contributed by atoms with van der Waals surface area (Å²) < 4.78 is 46.0. The Morgan fingerprint density at radius 1 is 1.03 bits per heavy atom. The highest BCUT2D eigenvalue weighted by Gasteiger charge is 2.22. The maximum atomic E-state index is 13.1. The third-order valence-corrected chi connectivity index (χ3v) is 6.24. The molecule has 10 heteroatoms. The number of halogens is 2. The molecule has 7 nitrogen and oxygen atoms in total. The highest BCUT2D eigenvalue weighted by Crippen LogP contribution is 2.23. The maximum absolute atomic E-state index is 13.1. The van der Waals surface area contributed by atoms with Crippen LogP contribution < -0.4 is 10.0 Å². The average Bonchev–Trinajstić information content (AvgIpc) is 2.80. The first kappa shape index (κ1) is 24.4. The Bertz CT molecular complexity index is 1270. The molecule has 3 rings (SSSR count). The van der Waals surface area contributed by atoms with Gasteiger partial charge in [-0.25, -0.2) is 22.3 Å². The molecule has 0 heterocycles. The van der Waals surface area contributed by atoms with Gasteiger partial charge < -0.3 is 10.1 Å². The fourth-order valence-corrected chi connectivity index (χ4v) is 4.03. The molecule has 0 aliphatic carbocycles. The zero-order chi connectivity index (χ0) is 24.0. The van der Waals surface area contributed by atoms with Crippen LogP contribution in [0.5, 0.6) is 0 Å². The third kappa shape index (κ3) is 6.61. The summed E-state index contributed by atoms with van der Waals surface area (Å²) in [5, 5.41) is 2.43. The Morgan fingerprint density at radius 2 is 1.76 bits per heavy atom. The number of anilines is 1. The summed E-state index contributed by atoms with van der Waals surface area (Å²) in [5.41, 5.74) is 0.887. The normalized spacial score (nSPS) is 12.1. The number of nitrogens with one attached hydrogen (secondary N) is 2. The molecular formula is C23H20ClFN2O5S. The first-order valence-corrected chi connectivity index (χ1v) is 11.6. The van der Waals surface area contributed by atoms with Gasteiger partial charge in [-0.1, -0.05) is 48.0 Å². The predicted octanol–water partition coefficient (Wildman–Crippen LogP) is 4.14. The molecule has 1 amide bonds. The first-order chi connectivity index (χ1) is 15.7. The van der Waals surface area contributed by atoms with Crippen molar-refractivity contribution >= 4 is 39.2 Å². The van der Waals surface area contributed by atoms with E-state index in [9.17, 15) is 22.4 Å². The molecule has 1 atom stereocenters. The standard InChI is InChI=1S/C23H20ClFN2O5S/c1-15(22(28)27-21-11-10-18(25)13-20(21)24)32-23(29)17-8-5-9-19(12-17)33(30,31)26-14-16-6-3-2-4-7-16/h2-13,15,26H,14H2,1H3,(H,27,28)/t15-/m0/s1. The summed E-state index contributed by atoms with van der Waals surface area (Å²) in [6.07, 6.45) is -1.23. The van der Waals surface area contributed by atoms with Crippen LogP contribution in [0.1, 0.15) is 22.8 Å². The number of amides is 1. The van der Waals surface area contributed by atoms with Crippen molar-refractivity contribution in [2.45, 2.75) is 24.5 Å². The van der Waals surface area contributed by atoms with E-state index in [1.165, 1.54) is 31.2 Å². The molecule has 0 fully saturated rings. The molecule has 0 radical (unpaired) electrons. The third-order valence-electron chi connectivity index (χ3n) is 4.53. The Morgan fingerprint density at radius 3 is 2.45 bits per heavy atom. The van der Waals surface area contributed by atoms with Crippen LogP contribution in [0.15, 0.2) is 77.7 Å². The van der Waals surface area contributed by atoms with Gasteiger partial charge in [0.25, 0.3) is 5.91 Å². The second-order valence-electron chi connectivity index (χ2n) is 7.00. The molecule has 2 N–H and O–H groups in total. The number of carbonyl (C=O) groups excluding carboxylic acids is 2. The molecule has 33 heavy (non-hydrogen) atoms. The quantitative estimate of drug-likeness (QED) is 0.462. The number of hydrogen-bond donors (Lipinski definition) is 2. The smallest absolute Gasteiger partial charge is 0.338 e. The minimum Gasteiger partial charge on any atom is -0.449 e. The van der Waals surface area contributed by atoms with Crippen molar-refractivity contribution in [1.29, 1.82) is 0 Å². The summed E-state index contributed by atoms with van der Waals surface area (Å²) in [6, 6.07) is 17.7. The van der Waals surface area contributed by atoms with Crippen LogP contribution in [-0.2, 0) is 26.1 Å². The number of carbonyl (C=O) groups is 2. The van der Waals surface area contributed by atoms with Crippen LogP contribution in [0.25, 0.3) is 0 Å². The second-order valence-corrected chi connectivity index (χ2v) is 9.17. The predicted molar refractivity (Wildman–Crippen MR) is 122 cm³/mol. The van der Waals surface area contributed by atoms with Crippen molar-refractivity contribution in [3.05, 3.63) is 94.8 Å². The van der Waals surface area contributed by atoms with E-state index >= 15 is 0 Å². The van der Waals surface area contributed by atoms with Crippen LogP contribution in [0.3, 0.4) is 0 Å². The number of hydrogen-bond acceptors (Lipinski definition) is 5. The number of ether oxygens (including phenoxy) is 1. The number of benzene rings is 3. The number of sulfonamides is 1. The molecule has 0 bridgehead atoms. The van der Waals surface area contributed by atoms with E-state index in [0.717, 1.165) is 23.8 Å². The average molecular weight is 491 g/mol. The van der Waals surface area contributed by atoms with Gasteiger partial charge in [-0.05, 0) is 48.9 Å². The highest BCUT2D eigenvalue weighted by atomic mass is 35.5. The van der Waals surface area contributed by atoms with Gasteiger partial charge >= 0.3 is 5.97 Å². The van der Waals surface area contributed by atoms with Crippen molar-refractivity contribution < 1.29 is 27.1 Å². The molecule has 0 saturated heterocycles. The maximum Gasteiger partial charge on any atom is 0.338 e. The van der Waals surface area contributed by atoms with Gasteiger partial charge in [-0.3, -0.25) is 4.79 Å². The Balaban J connectivity index is 1.65. The minimum absolute atomic E-state index is 0.0113. The number of esters is 1. The molecule has 0 unspecified atom stereocenters. The van der Waals surface area contributed by atoms with E-state index in [1.807, 2.05) is 6.07 Å². The monoisotopic (exact) mass is 490 g/mol. The molecule has 0 spiro atoms. The summed E-state index contributed by atoms with van der Waals surface area (Å²) in [4.78, 5) is 24.7. The second kappa shape index (κ2) is 10.6. The Labute approximate surface area is 195 Å². The van der Waals surface area contributed by atoms with E-state index in [1.54, 1.807) is 24.3 Å². The van der Waals surface area contributed by atoms with Gasteiger partial charge in [0.05, 0.1) is 21.2 Å². The summed E-state index contributed by atoms with van der Waals surface area (Å²) >= 11 is 5.88. The van der Waals surface area contributed by atoms with Crippen LogP contribution in [-0.4, -0.2) is 26.4 Å². The lowest BCUT2D eigenvalue weighted by Crippen LogP contribution is -2.30. The topological polar surface area (TPSA) is 102 Å². The fourth-order valence-electron chi connectivity index (χ4n) is 2.76. The van der Waals surface area contributed by atoms with E-state index in [-0.39, 0.29) is 27.7 Å². The van der Waals surface area contributed by atoms with Gasteiger partial charge in [0.2, 0.25) is 10.0 Å². The van der Waals surface area contributed by atoms with Gasteiger partial charge in [-0.2, -0.15) is 0 Å². The van der Waals surface area contributed by atoms with E-state index < -0.39 is 33.8 Å². The minimum atomic E-state index is -3.89. The molecule has 0 aliphatic rings.